The van der Waals surface area contributed by atoms with E-state index in [1.807, 2.05) is 36.4 Å². The van der Waals surface area contributed by atoms with Crippen molar-refractivity contribution in [2.75, 3.05) is 13.1 Å². The number of rotatable bonds is 6. The maximum atomic E-state index is 12.1. The number of β-amino-alcohol motifs (C(OH)–C–C–N with tert-alkyl or cyclic N) is 1. The van der Waals surface area contributed by atoms with Crippen molar-refractivity contribution >= 4 is 5.97 Å². The number of aliphatic hydroxyl groups is 1. The zero-order chi connectivity index (χ0) is 19.4. The van der Waals surface area contributed by atoms with Crippen molar-refractivity contribution in [1.82, 2.24) is 14.9 Å². The molecule has 6 nitrogen and oxygen atoms in total. The van der Waals surface area contributed by atoms with Crippen molar-refractivity contribution in [1.29, 1.82) is 0 Å². The first-order chi connectivity index (χ1) is 12.9. The smallest absolute Gasteiger partial charge is 0.312 e. The Balaban J connectivity index is 1.71. The molecular formula is C21H27N3O3. The first kappa shape index (κ1) is 19.5. The van der Waals surface area contributed by atoms with Gasteiger partial charge in [-0.1, -0.05) is 44.2 Å². The summed E-state index contributed by atoms with van der Waals surface area (Å²) in [4.78, 5) is 23.0. The molecule has 2 N–H and O–H groups in total. The molecule has 0 saturated carbocycles. The highest BCUT2D eigenvalue weighted by molar-refractivity contribution is 5.76. The Morgan fingerprint density at radius 3 is 2.67 bits per heavy atom. The van der Waals surface area contributed by atoms with Crippen LogP contribution < -0.4 is 0 Å². The molecule has 1 saturated heterocycles. The van der Waals surface area contributed by atoms with Crippen LogP contribution in [-0.2, 0) is 17.8 Å². The van der Waals surface area contributed by atoms with Crippen molar-refractivity contribution < 1.29 is 15.0 Å². The fourth-order valence-electron chi connectivity index (χ4n) is 3.68. The summed E-state index contributed by atoms with van der Waals surface area (Å²) in [6.07, 6.45) is 1.56. The normalized spacial score (nSPS) is 23.5. The molecule has 27 heavy (non-hydrogen) atoms. The monoisotopic (exact) mass is 369 g/mol. The first-order valence-corrected chi connectivity index (χ1v) is 9.40. The molecule has 3 rings (SSSR count). The summed E-state index contributed by atoms with van der Waals surface area (Å²) in [6, 6.07) is 11.4. The molecular weight excluding hydrogens is 342 g/mol. The summed E-state index contributed by atoms with van der Waals surface area (Å²) < 4.78 is 0. The maximum Gasteiger partial charge on any atom is 0.312 e. The minimum absolute atomic E-state index is 0.252. The maximum absolute atomic E-state index is 12.1. The Morgan fingerprint density at radius 2 is 2.04 bits per heavy atom. The average Bonchev–Trinajstić information content (AvgIpc) is 2.65. The van der Waals surface area contributed by atoms with Crippen molar-refractivity contribution in [2.24, 2.45) is 5.41 Å². The van der Waals surface area contributed by atoms with Crippen LogP contribution in [0.2, 0.25) is 0 Å². The van der Waals surface area contributed by atoms with Crippen LogP contribution in [0.3, 0.4) is 0 Å². The molecule has 1 aromatic heterocycles. The second kappa shape index (κ2) is 8.15. The Hall–Kier alpha value is -2.31. The zero-order valence-corrected chi connectivity index (χ0v) is 15.9. The zero-order valence-electron chi connectivity index (χ0n) is 15.9. The largest absolute Gasteiger partial charge is 0.481 e. The minimum atomic E-state index is -1.15. The number of aromatic nitrogens is 2. The van der Waals surface area contributed by atoms with Gasteiger partial charge in [-0.15, -0.1) is 0 Å². The van der Waals surface area contributed by atoms with Crippen LogP contribution in [0, 0.1) is 5.41 Å². The third kappa shape index (κ3) is 4.34. The Morgan fingerprint density at radius 1 is 1.30 bits per heavy atom. The van der Waals surface area contributed by atoms with Gasteiger partial charge in [0.25, 0.3) is 0 Å². The number of likely N-dealkylation sites (tertiary alicyclic amines) is 1. The van der Waals surface area contributed by atoms with Gasteiger partial charge < -0.3 is 10.2 Å². The van der Waals surface area contributed by atoms with E-state index in [0.29, 0.717) is 32.5 Å². The number of carboxylic acids is 1. The third-order valence-electron chi connectivity index (χ3n) is 5.37. The van der Waals surface area contributed by atoms with Crippen LogP contribution in [0.5, 0.6) is 0 Å². The van der Waals surface area contributed by atoms with Crippen molar-refractivity contribution in [3.63, 3.8) is 0 Å². The van der Waals surface area contributed by atoms with Crippen LogP contribution in [0.25, 0.3) is 0 Å². The molecule has 144 valence electrons. The van der Waals surface area contributed by atoms with Gasteiger partial charge in [0.2, 0.25) is 0 Å². The van der Waals surface area contributed by atoms with E-state index < -0.39 is 17.5 Å². The summed E-state index contributed by atoms with van der Waals surface area (Å²) in [5.74, 6) is 0.124. The summed E-state index contributed by atoms with van der Waals surface area (Å²) >= 11 is 0. The van der Waals surface area contributed by atoms with Crippen molar-refractivity contribution in [3.8, 4) is 0 Å². The van der Waals surface area contributed by atoms with Gasteiger partial charge in [-0.2, -0.15) is 0 Å². The van der Waals surface area contributed by atoms with E-state index in [2.05, 4.69) is 28.7 Å². The summed E-state index contributed by atoms with van der Waals surface area (Å²) in [7, 11) is 0. The molecule has 2 aromatic rings. The van der Waals surface area contributed by atoms with Crippen molar-refractivity contribution in [3.05, 3.63) is 59.7 Å². The van der Waals surface area contributed by atoms with E-state index in [-0.39, 0.29) is 5.92 Å². The molecule has 0 aliphatic carbocycles. The van der Waals surface area contributed by atoms with Crippen LogP contribution >= 0.6 is 0 Å². The quantitative estimate of drug-likeness (QED) is 0.813. The van der Waals surface area contributed by atoms with Gasteiger partial charge in [-0.3, -0.25) is 9.69 Å². The predicted octanol–water partition coefficient (Wildman–Crippen LogP) is 2.48. The minimum Gasteiger partial charge on any atom is -0.481 e. The van der Waals surface area contributed by atoms with Gasteiger partial charge in [0.15, 0.2) is 0 Å². The Bertz CT molecular complexity index is 781. The molecule has 1 aliphatic heterocycles. The highest BCUT2D eigenvalue weighted by Gasteiger charge is 2.48. The number of hydrogen-bond acceptors (Lipinski definition) is 5. The third-order valence-corrected chi connectivity index (χ3v) is 5.37. The Kier molecular flexibility index (Phi) is 5.87. The lowest BCUT2D eigenvalue weighted by atomic mass is 9.71. The number of nitrogens with zero attached hydrogens (tertiary/aromatic N) is 3. The highest BCUT2D eigenvalue weighted by atomic mass is 16.4. The summed E-state index contributed by atoms with van der Waals surface area (Å²) in [5.41, 5.74) is 0.684. The van der Waals surface area contributed by atoms with Gasteiger partial charge in [-0.25, -0.2) is 9.97 Å². The van der Waals surface area contributed by atoms with Gasteiger partial charge in [0.1, 0.15) is 11.2 Å². The number of aliphatic hydroxyl groups excluding tert-OH is 1. The molecule has 1 aromatic carbocycles. The van der Waals surface area contributed by atoms with E-state index in [1.54, 1.807) is 6.20 Å². The number of carboxylic acid groups (broad SMARTS) is 1. The van der Waals surface area contributed by atoms with E-state index in [9.17, 15) is 15.0 Å². The van der Waals surface area contributed by atoms with Gasteiger partial charge in [-0.05, 0) is 31.0 Å². The lowest BCUT2D eigenvalue weighted by molar-refractivity contribution is -0.163. The SMILES string of the molecule is CC(C)c1nccc(CN2CC[C@](Cc3ccccc3)(C(=O)O)[C@H](O)C2)n1. The molecule has 6 heteroatoms. The van der Waals surface area contributed by atoms with Gasteiger partial charge >= 0.3 is 5.97 Å². The van der Waals surface area contributed by atoms with Crippen LogP contribution in [0.1, 0.15) is 43.3 Å². The number of aliphatic carboxylic acids is 1. The van der Waals surface area contributed by atoms with E-state index in [1.165, 1.54) is 0 Å². The molecule has 0 spiro atoms. The first-order valence-electron chi connectivity index (χ1n) is 9.40. The predicted molar refractivity (Wildman–Crippen MR) is 102 cm³/mol. The number of benzene rings is 1. The molecule has 1 fully saturated rings. The van der Waals surface area contributed by atoms with E-state index in [0.717, 1.165) is 17.1 Å². The summed E-state index contributed by atoms with van der Waals surface area (Å²) in [6.45, 7) is 5.61. The standard InChI is InChI=1S/C21H27N3O3/c1-15(2)19-22-10-8-17(23-19)13-24-11-9-21(20(26)27,18(25)14-24)12-16-6-4-3-5-7-16/h3-8,10,15,18,25H,9,11-14H2,1-2H3,(H,26,27)/t18-,21-/m1/s1. The van der Waals surface area contributed by atoms with Crippen LogP contribution in [-0.4, -0.2) is 50.2 Å². The van der Waals surface area contributed by atoms with E-state index in [4.69, 9.17) is 0 Å². The number of carbonyl (C=O) groups is 1. The molecule has 0 unspecified atom stereocenters. The number of piperidine rings is 1. The van der Waals surface area contributed by atoms with Crippen LogP contribution in [0.15, 0.2) is 42.6 Å². The lowest BCUT2D eigenvalue weighted by Gasteiger charge is -2.42. The fourth-order valence-corrected chi connectivity index (χ4v) is 3.68. The van der Waals surface area contributed by atoms with Crippen molar-refractivity contribution in [2.45, 2.75) is 45.3 Å². The molecule has 0 amide bonds. The van der Waals surface area contributed by atoms with Gasteiger partial charge in [0.05, 0.1) is 11.8 Å². The molecule has 2 atom stereocenters. The highest BCUT2D eigenvalue weighted by Crippen LogP contribution is 2.36. The molecule has 0 radical (unpaired) electrons. The molecule has 2 heterocycles. The van der Waals surface area contributed by atoms with E-state index >= 15 is 0 Å². The number of hydrogen-bond donors (Lipinski definition) is 2. The molecule has 1 aliphatic rings. The Labute approximate surface area is 159 Å². The molecule has 0 bridgehead atoms. The topological polar surface area (TPSA) is 86.6 Å². The fraction of sp³-hybridized carbons (Fsp3) is 0.476. The van der Waals surface area contributed by atoms with Gasteiger partial charge in [0, 0.05) is 25.2 Å². The second-order valence-corrected chi connectivity index (χ2v) is 7.69. The average molecular weight is 369 g/mol. The summed E-state index contributed by atoms with van der Waals surface area (Å²) in [5, 5.41) is 20.7. The lowest BCUT2D eigenvalue weighted by Crippen LogP contribution is -2.55. The second-order valence-electron chi connectivity index (χ2n) is 7.69. The van der Waals surface area contributed by atoms with Crippen LogP contribution in [0.4, 0.5) is 0 Å².